The fourth-order valence-electron chi connectivity index (χ4n) is 2.66. The van der Waals surface area contributed by atoms with Gasteiger partial charge >= 0.3 is 0 Å². The number of benzene rings is 1. The highest BCUT2D eigenvalue weighted by Crippen LogP contribution is 2.36. The van der Waals surface area contributed by atoms with Crippen LogP contribution in [-0.2, 0) is 20.8 Å². The molecule has 2 unspecified atom stereocenters. The Morgan fingerprint density at radius 2 is 2.05 bits per heavy atom. The van der Waals surface area contributed by atoms with Crippen LogP contribution in [0.3, 0.4) is 0 Å². The number of imide groups is 1. The van der Waals surface area contributed by atoms with E-state index in [1.807, 2.05) is 24.3 Å². The van der Waals surface area contributed by atoms with Gasteiger partial charge in [-0.3, -0.25) is 19.7 Å². The van der Waals surface area contributed by atoms with Gasteiger partial charge in [0.05, 0.1) is 5.92 Å². The van der Waals surface area contributed by atoms with Crippen molar-refractivity contribution in [2.24, 2.45) is 0 Å². The molecule has 1 aliphatic carbocycles. The summed E-state index contributed by atoms with van der Waals surface area (Å²) in [5, 5.41) is 2.24. The largest absolute Gasteiger partial charge is 0.321 e. The Kier molecular flexibility index (Phi) is 2.62. The van der Waals surface area contributed by atoms with Crippen molar-refractivity contribution >= 4 is 17.7 Å². The van der Waals surface area contributed by atoms with Gasteiger partial charge in [-0.05, 0) is 24.5 Å². The van der Waals surface area contributed by atoms with Gasteiger partial charge in [0.25, 0.3) is 0 Å². The number of rotatable bonds is 1. The second-order valence-electron chi connectivity index (χ2n) is 5.01. The topological polar surface area (TPSA) is 66.5 Å². The Morgan fingerprint density at radius 3 is 2.79 bits per heavy atom. The number of hydrogen-bond acceptors (Lipinski definition) is 3. The van der Waals surface area contributed by atoms with Gasteiger partial charge in [-0.2, -0.15) is 0 Å². The molecule has 0 spiro atoms. The summed E-state index contributed by atoms with van der Waals surface area (Å²) in [4.78, 5) is 36.8. The van der Waals surface area contributed by atoms with Gasteiger partial charge in [0, 0.05) is 0 Å². The van der Waals surface area contributed by atoms with E-state index in [-0.39, 0.29) is 18.4 Å². The van der Waals surface area contributed by atoms with Crippen molar-refractivity contribution < 1.29 is 14.4 Å². The zero-order chi connectivity index (χ0) is 13.6. The fourth-order valence-corrected chi connectivity index (χ4v) is 2.66. The summed E-state index contributed by atoms with van der Waals surface area (Å²) in [5.41, 5.74) is 2.18. The molecule has 1 fully saturated rings. The lowest BCUT2D eigenvalue weighted by molar-refractivity contribution is -0.150. The lowest BCUT2D eigenvalue weighted by atomic mass is 9.76. The van der Waals surface area contributed by atoms with Crippen LogP contribution >= 0.6 is 0 Å². The number of nitrogens with zero attached hydrogens (tertiary/aromatic N) is 1. The second-order valence-corrected chi connectivity index (χ2v) is 5.01. The standard InChI is InChI=1S/C14H14N2O3/c1-8-13(18)15-12(17)7-16(8)14(19)11-6-9-4-2-3-5-10(9)11/h2-5,8,11H,6-7H2,1H3,(H,15,17,18). The van der Waals surface area contributed by atoms with E-state index in [9.17, 15) is 14.4 Å². The number of fused-ring (bicyclic) bond motifs is 1. The number of carbonyl (C=O) groups is 3. The number of piperazine rings is 1. The SMILES string of the molecule is CC1C(=O)NC(=O)CN1C(=O)C1Cc2ccccc21. The van der Waals surface area contributed by atoms with Crippen LogP contribution in [0.4, 0.5) is 0 Å². The van der Waals surface area contributed by atoms with Crippen molar-refractivity contribution in [2.75, 3.05) is 6.54 Å². The highest BCUT2D eigenvalue weighted by molar-refractivity contribution is 6.05. The highest BCUT2D eigenvalue weighted by atomic mass is 16.2. The molecule has 1 saturated heterocycles. The monoisotopic (exact) mass is 258 g/mol. The average molecular weight is 258 g/mol. The predicted octanol–water partition coefficient (Wildman–Crippen LogP) is 0.200. The smallest absolute Gasteiger partial charge is 0.249 e. The van der Waals surface area contributed by atoms with Crippen molar-refractivity contribution in [3.63, 3.8) is 0 Å². The highest BCUT2D eigenvalue weighted by Gasteiger charge is 2.40. The molecule has 1 aromatic carbocycles. The zero-order valence-corrected chi connectivity index (χ0v) is 10.6. The van der Waals surface area contributed by atoms with Crippen molar-refractivity contribution in [3.8, 4) is 0 Å². The number of amides is 3. The van der Waals surface area contributed by atoms with E-state index in [2.05, 4.69) is 5.32 Å². The predicted molar refractivity (Wildman–Crippen MR) is 67.2 cm³/mol. The number of nitrogens with one attached hydrogen (secondary N) is 1. The molecule has 1 aliphatic heterocycles. The summed E-state index contributed by atoms with van der Waals surface area (Å²) < 4.78 is 0. The maximum atomic E-state index is 12.4. The van der Waals surface area contributed by atoms with Crippen LogP contribution in [0.15, 0.2) is 24.3 Å². The molecule has 0 bridgehead atoms. The zero-order valence-electron chi connectivity index (χ0n) is 10.6. The molecular weight excluding hydrogens is 244 g/mol. The van der Waals surface area contributed by atoms with Crippen molar-refractivity contribution in [3.05, 3.63) is 35.4 Å². The van der Waals surface area contributed by atoms with E-state index in [1.54, 1.807) is 6.92 Å². The molecule has 1 heterocycles. The van der Waals surface area contributed by atoms with Gasteiger partial charge in [-0.1, -0.05) is 24.3 Å². The maximum Gasteiger partial charge on any atom is 0.249 e. The van der Waals surface area contributed by atoms with E-state index < -0.39 is 17.9 Å². The molecule has 98 valence electrons. The third kappa shape index (κ3) is 1.82. The van der Waals surface area contributed by atoms with Gasteiger partial charge < -0.3 is 4.90 Å². The first-order valence-corrected chi connectivity index (χ1v) is 6.30. The average Bonchev–Trinajstić information content (AvgIpc) is 2.35. The second kappa shape index (κ2) is 4.19. The fraction of sp³-hybridized carbons (Fsp3) is 0.357. The lowest BCUT2D eigenvalue weighted by Gasteiger charge is -2.38. The van der Waals surface area contributed by atoms with Crippen LogP contribution in [0, 0.1) is 0 Å². The maximum absolute atomic E-state index is 12.4. The summed E-state index contributed by atoms with van der Waals surface area (Å²) in [7, 11) is 0. The van der Waals surface area contributed by atoms with Crippen LogP contribution in [0.25, 0.3) is 0 Å². The van der Waals surface area contributed by atoms with E-state index >= 15 is 0 Å². The lowest BCUT2D eigenvalue weighted by Crippen LogP contribution is -2.60. The Bertz CT molecular complexity index is 582. The molecule has 2 aliphatic rings. The van der Waals surface area contributed by atoms with E-state index in [0.29, 0.717) is 6.42 Å². The number of carbonyl (C=O) groups excluding carboxylic acids is 3. The summed E-state index contributed by atoms with van der Waals surface area (Å²) in [6.07, 6.45) is 0.689. The van der Waals surface area contributed by atoms with Crippen molar-refractivity contribution in [2.45, 2.75) is 25.3 Å². The van der Waals surface area contributed by atoms with Gasteiger partial charge in [0.15, 0.2) is 0 Å². The van der Waals surface area contributed by atoms with Gasteiger partial charge in [-0.25, -0.2) is 0 Å². The van der Waals surface area contributed by atoms with Crippen LogP contribution < -0.4 is 5.32 Å². The molecule has 1 aromatic rings. The Hall–Kier alpha value is -2.17. The molecule has 1 N–H and O–H groups in total. The molecular formula is C14H14N2O3. The molecule has 0 radical (unpaired) electrons. The summed E-state index contributed by atoms with van der Waals surface area (Å²) >= 11 is 0. The molecule has 5 heteroatoms. The molecule has 0 saturated carbocycles. The Labute approximate surface area is 110 Å². The molecule has 2 atom stereocenters. The minimum absolute atomic E-state index is 0.0373. The van der Waals surface area contributed by atoms with Crippen LogP contribution in [0.1, 0.15) is 24.0 Å². The Balaban J connectivity index is 1.82. The first-order chi connectivity index (χ1) is 9.08. The van der Waals surface area contributed by atoms with E-state index in [0.717, 1.165) is 5.56 Å². The third-order valence-corrected chi connectivity index (χ3v) is 3.86. The molecule has 3 amide bonds. The third-order valence-electron chi connectivity index (χ3n) is 3.86. The van der Waals surface area contributed by atoms with Gasteiger partial charge in [0.2, 0.25) is 17.7 Å². The van der Waals surface area contributed by atoms with E-state index in [1.165, 1.54) is 10.5 Å². The minimum Gasteiger partial charge on any atom is -0.321 e. The molecule has 0 aromatic heterocycles. The van der Waals surface area contributed by atoms with Gasteiger partial charge in [-0.15, -0.1) is 0 Å². The first kappa shape index (κ1) is 11.9. The minimum atomic E-state index is -0.585. The molecule has 3 rings (SSSR count). The summed E-state index contributed by atoms with van der Waals surface area (Å²) in [5.74, 6) is -1.16. The summed E-state index contributed by atoms with van der Waals surface area (Å²) in [6.45, 7) is 1.61. The van der Waals surface area contributed by atoms with Crippen molar-refractivity contribution in [1.29, 1.82) is 0 Å². The Morgan fingerprint density at radius 1 is 1.32 bits per heavy atom. The quantitative estimate of drug-likeness (QED) is 0.732. The molecule has 19 heavy (non-hydrogen) atoms. The van der Waals surface area contributed by atoms with E-state index in [4.69, 9.17) is 0 Å². The number of hydrogen-bond donors (Lipinski definition) is 1. The normalized spacial score (nSPS) is 25.4. The summed E-state index contributed by atoms with van der Waals surface area (Å²) in [6, 6.07) is 7.18. The van der Waals surface area contributed by atoms with Crippen LogP contribution in [0.5, 0.6) is 0 Å². The van der Waals surface area contributed by atoms with Crippen molar-refractivity contribution in [1.82, 2.24) is 10.2 Å². The first-order valence-electron chi connectivity index (χ1n) is 6.30. The molecule has 5 nitrogen and oxygen atoms in total. The van der Waals surface area contributed by atoms with Crippen LogP contribution in [-0.4, -0.2) is 35.2 Å². The van der Waals surface area contributed by atoms with Crippen LogP contribution in [0.2, 0.25) is 0 Å². The van der Waals surface area contributed by atoms with Gasteiger partial charge in [0.1, 0.15) is 12.6 Å².